The molecule has 0 saturated heterocycles. The van der Waals surface area contributed by atoms with Gasteiger partial charge in [0.15, 0.2) is 6.61 Å². The Kier molecular flexibility index (Phi) is 5.82. The number of rotatable bonds is 6. The summed E-state index contributed by atoms with van der Waals surface area (Å²) >= 11 is 1.35. The molecule has 27 heavy (non-hydrogen) atoms. The Balaban J connectivity index is 1.79. The molecule has 0 spiro atoms. The van der Waals surface area contributed by atoms with Crippen LogP contribution >= 0.6 is 11.3 Å². The maximum atomic E-state index is 12.5. The second kappa shape index (κ2) is 8.10. The molecule has 0 aliphatic carbocycles. The summed E-state index contributed by atoms with van der Waals surface area (Å²) in [5.74, 6) is -0.144. The van der Waals surface area contributed by atoms with E-state index in [-0.39, 0.29) is 24.7 Å². The van der Waals surface area contributed by atoms with E-state index in [1.165, 1.54) is 11.3 Å². The number of anilines is 1. The van der Waals surface area contributed by atoms with E-state index in [2.05, 4.69) is 5.32 Å². The summed E-state index contributed by atoms with van der Waals surface area (Å²) in [6.45, 7) is 6.26. The number of carbonyl (C=O) groups is 2. The Morgan fingerprint density at radius 3 is 2.70 bits per heavy atom. The lowest BCUT2D eigenvalue weighted by Crippen LogP contribution is -2.32. The number of esters is 1. The lowest BCUT2D eigenvalue weighted by Gasteiger charge is -2.30. The molecule has 2 heterocycles. The molecule has 2 aromatic rings. The van der Waals surface area contributed by atoms with Crippen molar-refractivity contribution >= 4 is 28.2 Å². The SMILES string of the molecule is CCOC(=O)c1c(NC(=O)COc2ccccc2)sc2c1CC(C)(C)OC2. The van der Waals surface area contributed by atoms with Gasteiger partial charge in [-0.05, 0) is 38.5 Å². The molecule has 3 rings (SSSR count). The van der Waals surface area contributed by atoms with E-state index in [4.69, 9.17) is 14.2 Å². The molecular formula is C20H23NO5S. The van der Waals surface area contributed by atoms with Crippen molar-refractivity contribution in [1.29, 1.82) is 0 Å². The van der Waals surface area contributed by atoms with E-state index >= 15 is 0 Å². The van der Waals surface area contributed by atoms with Gasteiger partial charge in [-0.2, -0.15) is 0 Å². The lowest BCUT2D eigenvalue weighted by atomic mass is 9.93. The van der Waals surface area contributed by atoms with E-state index in [0.717, 1.165) is 10.4 Å². The molecule has 1 amide bonds. The maximum absolute atomic E-state index is 12.5. The standard InChI is InChI=1S/C20H23NO5S/c1-4-24-19(23)17-14-10-20(2,3)26-11-15(14)27-18(17)21-16(22)12-25-13-8-6-5-7-9-13/h5-9H,4,10-12H2,1-3H3,(H,21,22). The number of hydrogen-bond donors (Lipinski definition) is 1. The first kappa shape index (κ1) is 19.4. The fourth-order valence-electron chi connectivity index (χ4n) is 2.89. The Hall–Kier alpha value is -2.38. The second-order valence-electron chi connectivity index (χ2n) is 6.80. The van der Waals surface area contributed by atoms with Crippen LogP contribution in [0.1, 0.15) is 41.6 Å². The van der Waals surface area contributed by atoms with E-state index < -0.39 is 5.97 Å². The van der Waals surface area contributed by atoms with E-state index in [1.54, 1.807) is 19.1 Å². The quantitative estimate of drug-likeness (QED) is 0.761. The van der Waals surface area contributed by atoms with Gasteiger partial charge in [0.25, 0.3) is 5.91 Å². The first-order valence-corrected chi connectivity index (χ1v) is 9.64. The smallest absolute Gasteiger partial charge is 0.341 e. The van der Waals surface area contributed by atoms with Crippen LogP contribution in [0.15, 0.2) is 30.3 Å². The normalized spacial score (nSPS) is 14.9. The number of fused-ring (bicyclic) bond motifs is 1. The highest BCUT2D eigenvalue weighted by Gasteiger charge is 2.34. The number of nitrogens with one attached hydrogen (secondary N) is 1. The van der Waals surface area contributed by atoms with Gasteiger partial charge in [-0.1, -0.05) is 18.2 Å². The van der Waals surface area contributed by atoms with Crippen molar-refractivity contribution in [2.24, 2.45) is 0 Å². The second-order valence-corrected chi connectivity index (χ2v) is 7.91. The molecule has 1 aromatic carbocycles. The van der Waals surface area contributed by atoms with E-state index in [0.29, 0.717) is 29.3 Å². The summed E-state index contributed by atoms with van der Waals surface area (Å²) in [4.78, 5) is 25.8. The topological polar surface area (TPSA) is 73.9 Å². The van der Waals surface area contributed by atoms with Gasteiger partial charge in [0.1, 0.15) is 10.8 Å². The number of hydrogen-bond acceptors (Lipinski definition) is 6. The molecular weight excluding hydrogens is 366 g/mol. The highest BCUT2D eigenvalue weighted by molar-refractivity contribution is 7.17. The summed E-state index contributed by atoms with van der Waals surface area (Å²) in [6.07, 6.45) is 0.587. The van der Waals surface area contributed by atoms with Gasteiger partial charge < -0.3 is 19.5 Å². The zero-order chi connectivity index (χ0) is 19.4. The Bertz CT molecular complexity index is 828. The van der Waals surface area contributed by atoms with Crippen LogP contribution in [0.25, 0.3) is 0 Å². The predicted molar refractivity (Wildman–Crippen MR) is 103 cm³/mol. The summed E-state index contributed by atoms with van der Waals surface area (Å²) in [6, 6.07) is 9.10. The Morgan fingerprint density at radius 1 is 1.26 bits per heavy atom. The van der Waals surface area contributed by atoms with Crippen LogP contribution in [0.4, 0.5) is 5.00 Å². The van der Waals surface area contributed by atoms with Crippen LogP contribution in [0.3, 0.4) is 0 Å². The fraction of sp³-hybridized carbons (Fsp3) is 0.400. The van der Waals surface area contributed by atoms with Gasteiger partial charge in [0.05, 0.1) is 24.4 Å². The summed E-state index contributed by atoms with van der Waals surface area (Å²) < 4.78 is 16.5. The van der Waals surface area contributed by atoms with Gasteiger partial charge in [-0.3, -0.25) is 4.79 Å². The van der Waals surface area contributed by atoms with E-state index in [9.17, 15) is 9.59 Å². The molecule has 0 atom stereocenters. The minimum atomic E-state index is -0.424. The monoisotopic (exact) mass is 389 g/mol. The fourth-order valence-corrected chi connectivity index (χ4v) is 4.02. The zero-order valence-corrected chi connectivity index (χ0v) is 16.5. The molecule has 0 fully saturated rings. The molecule has 0 unspecified atom stereocenters. The van der Waals surface area contributed by atoms with Crippen LogP contribution in [0, 0.1) is 0 Å². The third kappa shape index (κ3) is 4.67. The largest absolute Gasteiger partial charge is 0.484 e. The number of benzene rings is 1. The van der Waals surface area contributed by atoms with Crippen molar-refractivity contribution in [3.8, 4) is 5.75 Å². The predicted octanol–water partition coefficient (Wildman–Crippen LogP) is 3.79. The zero-order valence-electron chi connectivity index (χ0n) is 15.7. The number of amides is 1. The average molecular weight is 389 g/mol. The minimum Gasteiger partial charge on any atom is -0.484 e. The minimum absolute atomic E-state index is 0.142. The summed E-state index contributed by atoms with van der Waals surface area (Å²) in [5.41, 5.74) is 0.961. The molecule has 1 N–H and O–H groups in total. The third-order valence-electron chi connectivity index (χ3n) is 4.13. The molecule has 0 saturated carbocycles. The number of carbonyl (C=O) groups excluding carboxylic acids is 2. The lowest BCUT2D eigenvalue weighted by molar-refractivity contribution is -0.118. The van der Waals surface area contributed by atoms with Crippen molar-refractivity contribution in [3.05, 3.63) is 46.3 Å². The van der Waals surface area contributed by atoms with Crippen molar-refractivity contribution in [2.75, 3.05) is 18.5 Å². The average Bonchev–Trinajstić information content (AvgIpc) is 2.97. The first-order valence-electron chi connectivity index (χ1n) is 8.83. The molecule has 1 aliphatic rings. The number of para-hydroxylation sites is 1. The van der Waals surface area contributed by atoms with Gasteiger partial charge in [0, 0.05) is 11.3 Å². The Labute approximate surface area is 162 Å². The van der Waals surface area contributed by atoms with Crippen LogP contribution in [-0.2, 0) is 27.3 Å². The van der Waals surface area contributed by atoms with Crippen molar-refractivity contribution < 1.29 is 23.8 Å². The highest BCUT2D eigenvalue weighted by atomic mass is 32.1. The highest BCUT2D eigenvalue weighted by Crippen LogP contribution is 2.40. The molecule has 7 heteroatoms. The summed E-state index contributed by atoms with van der Waals surface area (Å²) in [7, 11) is 0. The Morgan fingerprint density at radius 2 is 2.00 bits per heavy atom. The van der Waals surface area contributed by atoms with Crippen LogP contribution in [-0.4, -0.2) is 30.7 Å². The van der Waals surface area contributed by atoms with Crippen LogP contribution in [0.2, 0.25) is 0 Å². The van der Waals surface area contributed by atoms with Crippen LogP contribution in [0.5, 0.6) is 5.75 Å². The van der Waals surface area contributed by atoms with Gasteiger partial charge in [-0.25, -0.2) is 4.79 Å². The molecule has 6 nitrogen and oxygen atoms in total. The number of thiophene rings is 1. The van der Waals surface area contributed by atoms with Crippen LogP contribution < -0.4 is 10.1 Å². The van der Waals surface area contributed by atoms with Gasteiger partial charge in [-0.15, -0.1) is 11.3 Å². The van der Waals surface area contributed by atoms with Crippen molar-refractivity contribution in [2.45, 2.75) is 39.4 Å². The van der Waals surface area contributed by atoms with E-state index in [1.807, 2.05) is 32.0 Å². The molecule has 1 aromatic heterocycles. The summed E-state index contributed by atoms with van der Waals surface area (Å²) in [5, 5.41) is 3.29. The first-order chi connectivity index (χ1) is 12.9. The maximum Gasteiger partial charge on any atom is 0.341 e. The van der Waals surface area contributed by atoms with Gasteiger partial charge >= 0.3 is 5.97 Å². The van der Waals surface area contributed by atoms with Crippen molar-refractivity contribution in [3.63, 3.8) is 0 Å². The van der Waals surface area contributed by atoms with Crippen molar-refractivity contribution in [1.82, 2.24) is 0 Å². The molecule has 1 aliphatic heterocycles. The molecule has 144 valence electrons. The molecule has 0 bridgehead atoms. The third-order valence-corrected chi connectivity index (χ3v) is 5.25. The number of ether oxygens (including phenoxy) is 3. The molecule has 0 radical (unpaired) electrons. The van der Waals surface area contributed by atoms with Gasteiger partial charge in [0.2, 0.25) is 0 Å².